The quantitative estimate of drug-likeness (QED) is 0.0498. The fourth-order valence-corrected chi connectivity index (χ4v) is 8.84. The van der Waals surface area contributed by atoms with E-state index in [0.29, 0.717) is 68.7 Å². The van der Waals surface area contributed by atoms with E-state index in [1.165, 1.54) is 17.6 Å². The zero-order valence-electron chi connectivity index (χ0n) is 38.4. The summed E-state index contributed by atoms with van der Waals surface area (Å²) < 4.78 is 23.9. The zero-order chi connectivity index (χ0) is 42.1. The number of nitrogens with zero attached hydrogens (tertiary/aromatic N) is 1. The maximum atomic E-state index is 12.5. The zero-order valence-corrected chi connectivity index (χ0v) is 38.4. The van der Waals surface area contributed by atoms with Gasteiger partial charge in [0.05, 0.1) is 19.8 Å². The standard InChI is InChI=1S/C49H89NO7/c1-38(2)21-20-22-43-28-35-56-48(55-34-27-40(5)44(43)26-25-39(3)4)29-36-54-46(52)23-16-12-10-14-18-30-50(32-33-51)31-19-15-11-13-17-24-47(53)57-45-37-41(6)49(8,9)42(45)7/h21,25,40-45,48,51H,10-20,22-24,26-37H2,1-9H3/t40?,41-,42+,43?,44?,45?,48?/m1/s1. The van der Waals surface area contributed by atoms with Crippen LogP contribution in [0.5, 0.6) is 0 Å². The molecule has 7 atom stereocenters. The number of allylic oxidation sites excluding steroid dienone is 4. The van der Waals surface area contributed by atoms with Crippen LogP contribution in [0.2, 0.25) is 0 Å². The van der Waals surface area contributed by atoms with Crippen molar-refractivity contribution in [1.82, 2.24) is 4.90 Å². The molecule has 332 valence electrons. The van der Waals surface area contributed by atoms with Gasteiger partial charge in [0.1, 0.15) is 6.10 Å². The molecule has 0 bridgehead atoms. The molecule has 5 unspecified atom stereocenters. The van der Waals surface area contributed by atoms with E-state index in [1.807, 2.05) is 0 Å². The van der Waals surface area contributed by atoms with Crippen LogP contribution in [0.3, 0.4) is 0 Å². The Bertz CT molecular complexity index is 1140. The van der Waals surface area contributed by atoms with Gasteiger partial charge in [0.25, 0.3) is 0 Å². The van der Waals surface area contributed by atoms with E-state index in [2.05, 4.69) is 79.4 Å². The summed E-state index contributed by atoms with van der Waals surface area (Å²) in [5.41, 5.74) is 2.99. The van der Waals surface area contributed by atoms with Gasteiger partial charge < -0.3 is 29.0 Å². The summed E-state index contributed by atoms with van der Waals surface area (Å²) in [6.45, 7) is 24.8. The molecule has 1 saturated heterocycles. The average molecular weight is 804 g/mol. The lowest BCUT2D eigenvalue weighted by Gasteiger charge is -2.34. The van der Waals surface area contributed by atoms with Crippen molar-refractivity contribution in [2.45, 2.75) is 197 Å². The predicted octanol–water partition coefficient (Wildman–Crippen LogP) is 11.6. The molecule has 0 aromatic rings. The number of carbonyl (C=O) groups is 2. The first-order chi connectivity index (χ1) is 27.2. The van der Waals surface area contributed by atoms with E-state index in [1.54, 1.807) is 0 Å². The molecule has 2 fully saturated rings. The molecule has 57 heavy (non-hydrogen) atoms. The Kier molecular flexibility index (Phi) is 26.6. The minimum Gasteiger partial charge on any atom is -0.465 e. The topological polar surface area (TPSA) is 94.5 Å². The van der Waals surface area contributed by atoms with Gasteiger partial charge in [-0.1, -0.05) is 96.4 Å². The molecule has 1 N–H and O–H groups in total. The van der Waals surface area contributed by atoms with E-state index >= 15 is 0 Å². The second-order valence-corrected chi connectivity index (χ2v) is 18.9. The maximum Gasteiger partial charge on any atom is 0.306 e. The SMILES string of the molecule is CC(C)=CCCC1CCOC(CCOC(=O)CCCCCCCN(CCO)CCCCCCCC(=O)OC2C[C@@H](C)C(C)(C)[C@H]2C)OCCC(C)C1CC=C(C)C. The van der Waals surface area contributed by atoms with Crippen LogP contribution >= 0.6 is 0 Å². The summed E-state index contributed by atoms with van der Waals surface area (Å²) >= 11 is 0. The van der Waals surface area contributed by atoms with Crippen molar-refractivity contribution < 1.29 is 33.6 Å². The Labute approximate surface area is 350 Å². The number of aliphatic hydroxyl groups is 1. The van der Waals surface area contributed by atoms with Crippen LogP contribution in [0.1, 0.15) is 184 Å². The van der Waals surface area contributed by atoms with Crippen LogP contribution in [0.15, 0.2) is 23.3 Å². The number of esters is 2. The van der Waals surface area contributed by atoms with Crippen LogP contribution in [-0.4, -0.2) is 80.4 Å². The van der Waals surface area contributed by atoms with E-state index in [0.717, 1.165) is 116 Å². The van der Waals surface area contributed by atoms with Gasteiger partial charge >= 0.3 is 11.9 Å². The van der Waals surface area contributed by atoms with Gasteiger partial charge in [-0.05, 0) is 140 Å². The van der Waals surface area contributed by atoms with Crippen molar-refractivity contribution in [3.8, 4) is 0 Å². The highest BCUT2D eigenvalue weighted by atomic mass is 16.7. The summed E-state index contributed by atoms with van der Waals surface area (Å²) in [5, 5.41) is 9.58. The largest absolute Gasteiger partial charge is 0.465 e. The molecule has 1 saturated carbocycles. The van der Waals surface area contributed by atoms with Gasteiger partial charge in [0.2, 0.25) is 0 Å². The summed E-state index contributed by atoms with van der Waals surface area (Å²) in [5.74, 6) is 2.64. The lowest BCUT2D eigenvalue weighted by molar-refractivity contribution is -0.167. The summed E-state index contributed by atoms with van der Waals surface area (Å²) in [7, 11) is 0. The molecule has 0 aromatic heterocycles. The molecule has 0 aromatic carbocycles. The first kappa shape index (κ1) is 51.4. The van der Waals surface area contributed by atoms with Crippen LogP contribution < -0.4 is 0 Å². The molecule has 2 rings (SSSR count). The lowest BCUT2D eigenvalue weighted by atomic mass is 9.75. The molecule has 0 radical (unpaired) electrons. The number of ether oxygens (including phenoxy) is 4. The smallest absolute Gasteiger partial charge is 0.306 e. The van der Waals surface area contributed by atoms with Crippen LogP contribution in [0, 0.1) is 35.0 Å². The molecule has 1 aliphatic carbocycles. The molecular formula is C49H89NO7. The van der Waals surface area contributed by atoms with Crippen LogP contribution in [0.25, 0.3) is 0 Å². The summed E-state index contributed by atoms with van der Waals surface area (Å²) in [6, 6.07) is 0. The Morgan fingerprint density at radius 2 is 1.33 bits per heavy atom. The molecule has 1 heterocycles. The molecular weight excluding hydrogens is 715 g/mol. The second-order valence-electron chi connectivity index (χ2n) is 18.9. The molecule has 0 amide bonds. The molecule has 0 spiro atoms. The number of unbranched alkanes of at least 4 members (excludes halogenated alkanes) is 8. The van der Waals surface area contributed by atoms with Gasteiger partial charge in [-0.2, -0.15) is 0 Å². The first-order valence-electron chi connectivity index (χ1n) is 23.4. The second kappa shape index (κ2) is 29.5. The van der Waals surface area contributed by atoms with Crippen molar-refractivity contribution in [1.29, 1.82) is 0 Å². The molecule has 1 aliphatic heterocycles. The third-order valence-corrected chi connectivity index (χ3v) is 13.5. The van der Waals surface area contributed by atoms with Gasteiger partial charge in [-0.3, -0.25) is 9.59 Å². The Morgan fingerprint density at radius 1 is 0.754 bits per heavy atom. The van der Waals surface area contributed by atoms with Crippen molar-refractivity contribution in [3.63, 3.8) is 0 Å². The van der Waals surface area contributed by atoms with Crippen molar-refractivity contribution >= 4 is 11.9 Å². The van der Waals surface area contributed by atoms with Crippen LogP contribution in [0.4, 0.5) is 0 Å². The molecule has 8 nitrogen and oxygen atoms in total. The minimum atomic E-state index is -0.326. The van der Waals surface area contributed by atoms with Gasteiger partial charge in [0.15, 0.2) is 6.29 Å². The first-order valence-corrected chi connectivity index (χ1v) is 23.4. The normalized spacial score (nSPS) is 25.2. The van der Waals surface area contributed by atoms with Gasteiger partial charge in [0, 0.05) is 32.4 Å². The molecule has 2 aliphatic rings. The Hall–Kier alpha value is -1.74. The predicted molar refractivity (Wildman–Crippen MR) is 235 cm³/mol. The van der Waals surface area contributed by atoms with Crippen molar-refractivity contribution in [2.24, 2.45) is 35.0 Å². The number of hydrogen-bond donors (Lipinski definition) is 1. The third-order valence-electron chi connectivity index (χ3n) is 13.5. The number of carbonyl (C=O) groups excluding carboxylic acids is 2. The van der Waals surface area contributed by atoms with E-state index in [4.69, 9.17) is 18.9 Å². The third kappa shape index (κ3) is 21.9. The van der Waals surface area contributed by atoms with E-state index in [-0.39, 0.29) is 36.4 Å². The van der Waals surface area contributed by atoms with E-state index < -0.39 is 0 Å². The lowest BCUT2D eigenvalue weighted by Crippen LogP contribution is -2.29. The number of hydrogen-bond acceptors (Lipinski definition) is 8. The number of rotatable bonds is 27. The summed E-state index contributed by atoms with van der Waals surface area (Å²) in [4.78, 5) is 27.3. The van der Waals surface area contributed by atoms with Crippen LogP contribution in [-0.2, 0) is 28.5 Å². The highest BCUT2D eigenvalue weighted by Gasteiger charge is 2.46. The Morgan fingerprint density at radius 3 is 1.91 bits per heavy atom. The Balaban J connectivity index is 1.53. The minimum absolute atomic E-state index is 0.0311. The van der Waals surface area contributed by atoms with Crippen molar-refractivity contribution in [2.75, 3.05) is 46.1 Å². The summed E-state index contributed by atoms with van der Waals surface area (Å²) in [6.07, 6.45) is 23.1. The highest BCUT2D eigenvalue weighted by Crippen LogP contribution is 2.48. The maximum absolute atomic E-state index is 12.5. The van der Waals surface area contributed by atoms with Gasteiger partial charge in [-0.25, -0.2) is 0 Å². The monoisotopic (exact) mass is 804 g/mol. The van der Waals surface area contributed by atoms with Crippen molar-refractivity contribution in [3.05, 3.63) is 23.3 Å². The highest BCUT2D eigenvalue weighted by molar-refractivity contribution is 5.69. The van der Waals surface area contributed by atoms with Gasteiger partial charge in [-0.15, -0.1) is 0 Å². The fourth-order valence-electron chi connectivity index (χ4n) is 8.84. The molecule has 8 heteroatoms. The fraction of sp³-hybridized carbons (Fsp3) is 0.878. The number of aliphatic hydroxyl groups excluding tert-OH is 1. The average Bonchev–Trinajstić information content (AvgIpc) is 3.34. The van der Waals surface area contributed by atoms with E-state index in [9.17, 15) is 14.7 Å².